The topological polar surface area (TPSA) is 88.2 Å². The van der Waals surface area contributed by atoms with E-state index in [9.17, 15) is 4.79 Å². The summed E-state index contributed by atoms with van der Waals surface area (Å²) >= 11 is 6.09. The van der Waals surface area contributed by atoms with Crippen LogP contribution in [-0.2, 0) is 11.2 Å². The summed E-state index contributed by atoms with van der Waals surface area (Å²) in [6.45, 7) is 3.12. The molecule has 0 saturated carbocycles. The maximum Gasteiger partial charge on any atom is 0.232 e. The van der Waals surface area contributed by atoms with Crippen LogP contribution >= 0.6 is 11.6 Å². The molecule has 31 heavy (non-hydrogen) atoms. The van der Waals surface area contributed by atoms with E-state index in [1.54, 1.807) is 18.6 Å². The minimum absolute atomic E-state index is 0.0151. The number of aromatic nitrogens is 4. The third-order valence-electron chi connectivity index (χ3n) is 6.35. The predicted octanol–water partition coefficient (Wildman–Crippen LogP) is 2.67. The first kappa shape index (κ1) is 20.1. The minimum atomic E-state index is -0.0923. The molecule has 1 spiro atoms. The van der Waals surface area contributed by atoms with Crippen LogP contribution in [0.25, 0.3) is 11.5 Å². The molecule has 0 radical (unpaired) electrons. The number of amides is 1. The summed E-state index contributed by atoms with van der Waals surface area (Å²) in [4.78, 5) is 30.4. The predicted molar refractivity (Wildman–Crippen MR) is 114 cm³/mol. The number of benzene rings is 1. The average molecular weight is 439 g/mol. The number of hydrogen-bond acceptors (Lipinski definition) is 7. The quantitative estimate of drug-likeness (QED) is 0.618. The standard InChI is InChI=1S/C22H23ClN6O2/c1-28-8-5-22(13-28)14-29(19(30)10-15-3-2-4-16(23)9-15)12-17(22)21-26-20(27-31-21)18-11-24-6-7-25-18/h2-4,6-7,9,11,17H,5,8,10,12-14H2,1H3/t17-,22-/m0/s1. The highest BCUT2D eigenvalue weighted by atomic mass is 35.5. The normalized spacial score (nSPS) is 23.7. The first-order chi connectivity index (χ1) is 15.0. The first-order valence-corrected chi connectivity index (χ1v) is 10.7. The van der Waals surface area contributed by atoms with Gasteiger partial charge >= 0.3 is 0 Å². The third kappa shape index (κ3) is 3.93. The van der Waals surface area contributed by atoms with Crippen molar-refractivity contribution in [3.8, 4) is 11.5 Å². The Hall–Kier alpha value is -2.84. The second kappa shape index (κ2) is 8.01. The van der Waals surface area contributed by atoms with Crippen LogP contribution in [0.4, 0.5) is 0 Å². The number of hydrogen-bond donors (Lipinski definition) is 0. The molecule has 0 bridgehead atoms. The number of carbonyl (C=O) groups is 1. The monoisotopic (exact) mass is 438 g/mol. The Bertz CT molecular complexity index is 1090. The molecule has 5 rings (SSSR count). The number of carbonyl (C=O) groups excluding carboxylic acids is 1. The van der Waals surface area contributed by atoms with Crippen molar-refractivity contribution < 1.29 is 9.32 Å². The van der Waals surface area contributed by atoms with E-state index in [-0.39, 0.29) is 17.2 Å². The molecule has 2 aliphatic heterocycles. The number of rotatable bonds is 4. The fourth-order valence-electron chi connectivity index (χ4n) is 4.85. The van der Waals surface area contributed by atoms with Crippen molar-refractivity contribution in [2.75, 3.05) is 33.2 Å². The van der Waals surface area contributed by atoms with Crippen molar-refractivity contribution in [1.29, 1.82) is 0 Å². The average Bonchev–Trinajstić information content (AvgIpc) is 3.48. The molecule has 9 heteroatoms. The van der Waals surface area contributed by atoms with Crippen molar-refractivity contribution in [2.45, 2.75) is 18.8 Å². The van der Waals surface area contributed by atoms with E-state index in [0.29, 0.717) is 41.9 Å². The highest BCUT2D eigenvalue weighted by Crippen LogP contribution is 2.48. The Kier molecular flexibility index (Phi) is 5.19. The van der Waals surface area contributed by atoms with Crippen LogP contribution in [0.1, 0.15) is 23.8 Å². The van der Waals surface area contributed by atoms with Gasteiger partial charge in [-0.25, -0.2) is 4.98 Å². The molecule has 1 amide bonds. The van der Waals surface area contributed by atoms with Gasteiger partial charge in [-0.1, -0.05) is 28.9 Å². The molecule has 0 N–H and O–H groups in total. The Labute approximate surface area is 185 Å². The van der Waals surface area contributed by atoms with Crippen LogP contribution < -0.4 is 0 Å². The molecular formula is C22H23ClN6O2. The molecule has 2 aromatic heterocycles. The first-order valence-electron chi connectivity index (χ1n) is 10.3. The van der Waals surface area contributed by atoms with Crippen molar-refractivity contribution in [3.63, 3.8) is 0 Å². The van der Waals surface area contributed by atoms with Gasteiger partial charge in [-0.2, -0.15) is 4.98 Å². The lowest BCUT2D eigenvalue weighted by molar-refractivity contribution is -0.129. The highest BCUT2D eigenvalue weighted by Gasteiger charge is 2.53. The maximum atomic E-state index is 13.1. The molecule has 2 atom stereocenters. The summed E-state index contributed by atoms with van der Waals surface area (Å²) in [5, 5.41) is 4.77. The van der Waals surface area contributed by atoms with Crippen molar-refractivity contribution in [3.05, 3.63) is 59.3 Å². The summed E-state index contributed by atoms with van der Waals surface area (Å²) < 4.78 is 5.68. The molecule has 2 saturated heterocycles. The van der Waals surface area contributed by atoms with Crippen LogP contribution in [0.15, 0.2) is 47.4 Å². The molecule has 2 aliphatic rings. The maximum absolute atomic E-state index is 13.1. The lowest BCUT2D eigenvalue weighted by Gasteiger charge is -2.27. The minimum Gasteiger partial charge on any atom is -0.341 e. The van der Waals surface area contributed by atoms with Crippen LogP contribution in [0.2, 0.25) is 5.02 Å². The second-order valence-electron chi connectivity index (χ2n) is 8.53. The van der Waals surface area contributed by atoms with Crippen LogP contribution in [-0.4, -0.2) is 69.0 Å². The van der Waals surface area contributed by atoms with Crippen LogP contribution in [0.3, 0.4) is 0 Å². The van der Waals surface area contributed by atoms with E-state index in [0.717, 1.165) is 25.1 Å². The molecule has 160 valence electrons. The smallest absolute Gasteiger partial charge is 0.232 e. The van der Waals surface area contributed by atoms with E-state index in [4.69, 9.17) is 16.1 Å². The lowest BCUT2D eigenvalue weighted by atomic mass is 9.77. The molecule has 3 aromatic rings. The van der Waals surface area contributed by atoms with Gasteiger partial charge in [0.2, 0.25) is 17.6 Å². The van der Waals surface area contributed by atoms with Gasteiger partial charge in [-0.3, -0.25) is 9.78 Å². The van der Waals surface area contributed by atoms with Gasteiger partial charge in [-0.05, 0) is 37.7 Å². The zero-order valence-electron chi connectivity index (χ0n) is 17.2. The van der Waals surface area contributed by atoms with Crippen LogP contribution in [0.5, 0.6) is 0 Å². The number of nitrogens with zero attached hydrogens (tertiary/aromatic N) is 6. The summed E-state index contributed by atoms with van der Waals surface area (Å²) in [5.41, 5.74) is 1.40. The van der Waals surface area contributed by atoms with Gasteiger partial charge in [0.25, 0.3) is 0 Å². The molecule has 0 aliphatic carbocycles. The summed E-state index contributed by atoms with van der Waals surface area (Å²) in [7, 11) is 2.11. The third-order valence-corrected chi connectivity index (χ3v) is 6.59. The summed E-state index contributed by atoms with van der Waals surface area (Å²) in [5.74, 6) is 1.06. The molecule has 1 aromatic carbocycles. The highest BCUT2D eigenvalue weighted by molar-refractivity contribution is 6.30. The van der Waals surface area contributed by atoms with E-state index in [2.05, 4.69) is 32.1 Å². The van der Waals surface area contributed by atoms with Gasteiger partial charge in [0.15, 0.2) is 0 Å². The zero-order chi connectivity index (χ0) is 21.4. The molecule has 8 nitrogen and oxygen atoms in total. The van der Waals surface area contributed by atoms with Gasteiger partial charge in [-0.15, -0.1) is 0 Å². The fourth-order valence-corrected chi connectivity index (χ4v) is 5.06. The van der Waals surface area contributed by atoms with Gasteiger partial charge < -0.3 is 14.3 Å². The van der Waals surface area contributed by atoms with E-state index < -0.39 is 0 Å². The molecule has 2 fully saturated rings. The Balaban J connectivity index is 1.40. The van der Waals surface area contributed by atoms with Gasteiger partial charge in [0.1, 0.15) is 5.69 Å². The van der Waals surface area contributed by atoms with Crippen molar-refractivity contribution >= 4 is 17.5 Å². The van der Waals surface area contributed by atoms with E-state index in [1.165, 1.54) is 0 Å². The second-order valence-corrected chi connectivity index (χ2v) is 8.97. The Morgan fingerprint density at radius 2 is 2.23 bits per heavy atom. The number of likely N-dealkylation sites (tertiary alicyclic amines) is 2. The van der Waals surface area contributed by atoms with E-state index >= 15 is 0 Å². The van der Waals surface area contributed by atoms with Gasteiger partial charge in [0, 0.05) is 42.5 Å². The van der Waals surface area contributed by atoms with Crippen molar-refractivity contribution in [2.24, 2.45) is 5.41 Å². The largest absolute Gasteiger partial charge is 0.341 e. The van der Waals surface area contributed by atoms with Crippen LogP contribution in [0, 0.1) is 5.41 Å². The van der Waals surface area contributed by atoms with Gasteiger partial charge in [0.05, 0.1) is 18.5 Å². The fraction of sp³-hybridized carbons (Fsp3) is 0.409. The Morgan fingerprint density at radius 3 is 2.97 bits per heavy atom. The van der Waals surface area contributed by atoms with E-state index in [1.807, 2.05) is 29.2 Å². The molecule has 0 unspecified atom stereocenters. The number of halogens is 1. The van der Waals surface area contributed by atoms with Crippen molar-refractivity contribution in [1.82, 2.24) is 29.9 Å². The zero-order valence-corrected chi connectivity index (χ0v) is 18.0. The summed E-state index contributed by atoms with van der Waals surface area (Å²) in [6, 6.07) is 7.46. The Morgan fingerprint density at radius 1 is 1.32 bits per heavy atom. The lowest BCUT2D eigenvalue weighted by Crippen LogP contribution is -2.35. The molecule has 4 heterocycles. The molecular weight excluding hydrogens is 416 g/mol. The summed E-state index contributed by atoms with van der Waals surface area (Å²) in [6.07, 6.45) is 6.13. The SMILES string of the molecule is CN1CC[C@]2(C1)CN(C(=O)Cc1cccc(Cl)c1)C[C@H]2c1nc(-c2cnccn2)no1.